The molecule has 0 amide bonds. The first kappa shape index (κ1) is 34.7. The summed E-state index contributed by atoms with van der Waals surface area (Å²) in [6, 6.07) is 20.7. The van der Waals surface area contributed by atoms with Crippen molar-refractivity contribution < 1.29 is 58.0 Å². The van der Waals surface area contributed by atoms with Gasteiger partial charge in [-0.15, -0.1) is 4.57 Å². The molecule has 0 N–H and O–H groups in total. The third kappa shape index (κ3) is 6.24. The molecule has 0 bridgehead atoms. The fraction of sp³-hybridized carbons (Fsp3) is 0.105. The highest BCUT2D eigenvalue weighted by atomic mass is 32.2. The summed E-state index contributed by atoms with van der Waals surface area (Å²) in [5, 5.41) is 1.87. The van der Waals surface area contributed by atoms with Gasteiger partial charge in [0.1, 0.15) is 32.5 Å². The summed E-state index contributed by atoms with van der Waals surface area (Å²) < 4.78 is 105. The number of carbonyl (C=O) groups excluding carboxylic acids is 1. The van der Waals surface area contributed by atoms with Gasteiger partial charge in [0.05, 0.1) is 30.9 Å². The van der Waals surface area contributed by atoms with E-state index in [4.69, 9.17) is 22.7 Å². The lowest BCUT2D eigenvalue weighted by molar-refractivity contribution is -0.658. The van der Waals surface area contributed by atoms with Gasteiger partial charge in [0.25, 0.3) is 5.52 Å². The first-order chi connectivity index (χ1) is 25.8. The van der Waals surface area contributed by atoms with Crippen molar-refractivity contribution in [2.24, 2.45) is 0 Å². The zero-order valence-electron chi connectivity index (χ0n) is 28.0. The van der Waals surface area contributed by atoms with Crippen molar-refractivity contribution in [3.05, 3.63) is 119 Å². The highest BCUT2D eigenvalue weighted by Crippen LogP contribution is 2.47. The number of carbonyl (C=O) groups is 1. The number of oxazole rings is 1. The minimum atomic E-state index is -5.28. The molecule has 272 valence electrons. The number of hydrogen-bond donors (Lipinski definition) is 0. The molecule has 1 aliphatic heterocycles. The van der Waals surface area contributed by atoms with E-state index < -0.39 is 43.5 Å². The molecule has 4 aromatic carbocycles. The zero-order valence-corrected chi connectivity index (χ0v) is 29.7. The monoisotopic (exact) mass is 765 g/mol. The molecular formula is C38H25N2O12S2-. The fourth-order valence-corrected chi connectivity index (χ4v) is 7.63. The summed E-state index contributed by atoms with van der Waals surface area (Å²) in [4.78, 5) is 13.9. The van der Waals surface area contributed by atoms with E-state index in [1.807, 2.05) is 24.3 Å². The van der Waals surface area contributed by atoms with E-state index in [-0.39, 0.29) is 46.5 Å². The highest BCUT2D eigenvalue weighted by molar-refractivity contribution is 7.89. The lowest BCUT2D eigenvalue weighted by Gasteiger charge is -2.22. The van der Waals surface area contributed by atoms with Crippen LogP contribution in [-0.4, -0.2) is 38.5 Å². The normalized spacial score (nSPS) is 14.2. The van der Waals surface area contributed by atoms with Crippen LogP contribution in [0.4, 0.5) is 5.69 Å². The number of esters is 1. The quantitative estimate of drug-likeness (QED) is 0.0676. The molecule has 16 heteroatoms. The second-order valence-corrected chi connectivity index (χ2v) is 14.7. The number of furan rings is 2. The topological polar surface area (TPSA) is 196 Å². The van der Waals surface area contributed by atoms with E-state index in [0.717, 1.165) is 20.2 Å². The minimum Gasteiger partial charge on any atom is -0.743 e. The molecule has 0 spiro atoms. The molecule has 4 heterocycles. The Morgan fingerprint density at radius 3 is 2.15 bits per heavy atom. The molecule has 54 heavy (non-hydrogen) atoms. The van der Waals surface area contributed by atoms with Gasteiger partial charge in [0, 0.05) is 33.7 Å². The van der Waals surface area contributed by atoms with Gasteiger partial charge in [-0.25, -0.2) is 16.8 Å². The molecule has 3 aromatic heterocycles. The van der Waals surface area contributed by atoms with E-state index in [9.17, 15) is 30.7 Å². The van der Waals surface area contributed by atoms with Crippen molar-refractivity contribution in [2.75, 3.05) is 11.5 Å². The molecule has 0 saturated heterocycles. The Bertz CT molecular complexity index is 3120. The van der Waals surface area contributed by atoms with Crippen LogP contribution in [0, 0.1) is 0 Å². The van der Waals surface area contributed by atoms with E-state index in [1.165, 1.54) is 24.3 Å². The van der Waals surface area contributed by atoms with E-state index in [2.05, 4.69) is 18.0 Å². The number of anilines is 1. The summed E-state index contributed by atoms with van der Waals surface area (Å²) in [5.41, 5.74) is 6.82. The maximum atomic E-state index is 13.0. The van der Waals surface area contributed by atoms with Gasteiger partial charge in [-0.3, -0.25) is 9.69 Å². The van der Waals surface area contributed by atoms with Gasteiger partial charge in [0.2, 0.25) is 17.3 Å². The van der Waals surface area contributed by atoms with Crippen LogP contribution in [0.2, 0.25) is 0 Å². The van der Waals surface area contributed by atoms with E-state index >= 15 is 0 Å². The average Bonchev–Trinajstić information content (AvgIpc) is 3.84. The Morgan fingerprint density at radius 2 is 1.52 bits per heavy atom. The standard InChI is InChI=1S/C38H26N2O12S2/c1-3-9-37(54(45,46)47)40-28-20-32-26(24-11-6-8-13-30(24)50-32)18-34(28)52-36(40)15-22(16-38(41)48-4-2)14-35-39(21-53(42,43)44)27-19-31-25(17-33(27)51-35)23-10-5-7-12-29(23)49-31/h5-8,10-15,17-20H,1,4,16,21H2,2H3,(H-,42,43,44,45,46,47)/p-1. The molecule has 0 radical (unpaired) electrons. The van der Waals surface area contributed by atoms with Crippen LogP contribution < -0.4 is 14.2 Å². The minimum absolute atomic E-state index is 0.0152. The number of para-hydroxylation sites is 2. The third-order valence-electron chi connectivity index (χ3n) is 8.56. The number of ether oxygens (including phenoxy) is 2. The lowest BCUT2D eigenvalue weighted by Crippen LogP contribution is -2.39. The zero-order chi connectivity index (χ0) is 37.9. The van der Waals surface area contributed by atoms with Crippen LogP contribution in [0.5, 0.6) is 5.75 Å². The number of benzene rings is 4. The molecule has 0 unspecified atom stereocenters. The Labute approximate surface area is 305 Å². The fourth-order valence-electron chi connectivity index (χ4n) is 6.44. The summed E-state index contributed by atoms with van der Waals surface area (Å²) in [6.45, 7) is 4.99. The van der Waals surface area contributed by atoms with Gasteiger partial charge in [-0.2, -0.15) is 0 Å². The Balaban J connectivity index is 1.35. The second-order valence-electron chi connectivity index (χ2n) is 12.1. The molecule has 1 aliphatic rings. The maximum absolute atomic E-state index is 13.0. The van der Waals surface area contributed by atoms with Gasteiger partial charge in [-0.05, 0) is 49.1 Å². The SMILES string of the molecule is C=C=C=C(N1C(=CC(=Cc2oc3cc4c(cc3[n+]2CS(=O)(=O)[O-])oc2ccccc24)CC(=O)OCC)Oc2cc3c(cc21)oc1ccccc13)S(=O)(=O)[O-]. The summed E-state index contributed by atoms with van der Waals surface area (Å²) in [7, 11) is -10.2. The third-order valence-corrected chi connectivity index (χ3v) is 9.89. The van der Waals surface area contributed by atoms with Crippen LogP contribution >= 0.6 is 0 Å². The van der Waals surface area contributed by atoms with Gasteiger partial charge >= 0.3 is 11.9 Å². The number of fused-ring (bicyclic) bond motifs is 8. The van der Waals surface area contributed by atoms with Crippen molar-refractivity contribution in [2.45, 2.75) is 19.2 Å². The lowest BCUT2D eigenvalue weighted by atomic mass is 10.1. The van der Waals surface area contributed by atoms with Crippen molar-refractivity contribution in [1.29, 1.82) is 0 Å². The number of allylic oxidation sites excluding steroid dienone is 1. The molecular weight excluding hydrogens is 741 g/mol. The first-order valence-electron chi connectivity index (χ1n) is 16.1. The predicted molar refractivity (Wildman–Crippen MR) is 193 cm³/mol. The molecule has 7 aromatic rings. The van der Waals surface area contributed by atoms with Crippen LogP contribution in [-0.2, 0) is 35.6 Å². The van der Waals surface area contributed by atoms with Crippen LogP contribution in [0.3, 0.4) is 0 Å². The highest BCUT2D eigenvalue weighted by Gasteiger charge is 2.35. The number of rotatable bonds is 9. The molecule has 0 saturated carbocycles. The van der Waals surface area contributed by atoms with Crippen LogP contribution in [0.1, 0.15) is 19.2 Å². The summed E-state index contributed by atoms with van der Waals surface area (Å²) >= 11 is 0. The summed E-state index contributed by atoms with van der Waals surface area (Å²) in [5.74, 6) is -2.13. The first-order valence-corrected chi connectivity index (χ1v) is 19.1. The summed E-state index contributed by atoms with van der Waals surface area (Å²) in [6.07, 6.45) is 2.04. The molecule has 8 rings (SSSR count). The Hall–Kier alpha value is -6.38. The molecule has 14 nitrogen and oxygen atoms in total. The Kier molecular flexibility index (Phi) is 8.31. The maximum Gasteiger partial charge on any atom is 0.375 e. The van der Waals surface area contributed by atoms with Crippen LogP contribution in [0.15, 0.2) is 127 Å². The van der Waals surface area contributed by atoms with Crippen molar-refractivity contribution in [3.8, 4) is 5.75 Å². The van der Waals surface area contributed by atoms with E-state index in [1.54, 1.807) is 43.3 Å². The average molecular weight is 766 g/mol. The second kappa shape index (κ2) is 12.9. The van der Waals surface area contributed by atoms with Gasteiger partial charge in [-0.1, -0.05) is 42.1 Å². The van der Waals surface area contributed by atoms with Crippen molar-refractivity contribution in [1.82, 2.24) is 0 Å². The van der Waals surface area contributed by atoms with Crippen molar-refractivity contribution in [3.63, 3.8) is 0 Å². The van der Waals surface area contributed by atoms with E-state index in [0.29, 0.717) is 33.1 Å². The Morgan fingerprint density at radius 1 is 0.870 bits per heavy atom. The van der Waals surface area contributed by atoms with Crippen molar-refractivity contribution >= 4 is 92.9 Å². The molecule has 0 aliphatic carbocycles. The number of aromatic nitrogens is 1. The largest absolute Gasteiger partial charge is 0.743 e. The predicted octanol–water partition coefficient (Wildman–Crippen LogP) is 6.43. The number of nitrogens with zero attached hydrogens (tertiary/aromatic N) is 2. The van der Waals surface area contributed by atoms with Crippen LogP contribution in [0.25, 0.3) is 61.1 Å². The molecule has 0 fully saturated rings. The number of hydrogen-bond acceptors (Lipinski definition) is 13. The molecule has 0 atom stereocenters. The van der Waals surface area contributed by atoms with Gasteiger partial charge in [0.15, 0.2) is 20.9 Å². The van der Waals surface area contributed by atoms with Gasteiger partial charge < -0.3 is 31.8 Å². The smallest absolute Gasteiger partial charge is 0.375 e.